The summed E-state index contributed by atoms with van der Waals surface area (Å²) >= 11 is 6.81. The van der Waals surface area contributed by atoms with Crippen LogP contribution in [0.25, 0.3) is 11.3 Å². The van der Waals surface area contributed by atoms with Crippen molar-refractivity contribution in [1.82, 2.24) is 4.98 Å². The highest BCUT2D eigenvalue weighted by molar-refractivity contribution is 7.19. The number of halogens is 2. The van der Waals surface area contributed by atoms with E-state index in [4.69, 9.17) is 17.3 Å². The van der Waals surface area contributed by atoms with Crippen LogP contribution in [-0.2, 0) is 0 Å². The molecule has 5 heteroatoms. The second-order valence-corrected chi connectivity index (χ2v) is 4.27. The minimum absolute atomic E-state index is 0.320. The summed E-state index contributed by atoms with van der Waals surface area (Å²) in [5, 5.41) is 0.431. The molecule has 0 saturated heterocycles. The van der Waals surface area contributed by atoms with Crippen molar-refractivity contribution < 1.29 is 4.39 Å². The van der Waals surface area contributed by atoms with Crippen molar-refractivity contribution in [3.05, 3.63) is 34.5 Å². The van der Waals surface area contributed by atoms with Gasteiger partial charge >= 0.3 is 0 Å². The molecular weight excluding hydrogens is 223 g/mol. The summed E-state index contributed by atoms with van der Waals surface area (Å²) in [6.45, 7) is 0. The highest BCUT2D eigenvalue weighted by Gasteiger charge is 2.12. The standard InChI is InChI=1S/C9H6ClFN2S/c10-9-13-7(8(12)14-9)5-3-1-2-4-6(5)11/h1-4H,12H2. The molecule has 0 amide bonds. The van der Waals surface area contributed by atoms with Crippen molar-refractivity contribution in [3.63, 3.8) is 0 Å². The second kappa shape index (κ2) is 3.55. The number of benzene rings is 1. The monoisotopic (exact) mass is 228 g/mol. The van der Waals surface area contributed by atoms with Crippen LogP contribution in [0.3, 0.4) is 0 Å². The number of aromatic nitrogens is 1. The molecule has 1 aromatic heterocycles. The van der Waals surface area contributed by atoms with Gasteiger partial charge in [-0.25, -0.2) is 9.37 Å². The average Bonchev–Trinajstić information content (AvgIpc) is 2.46. The highest BCUT2D eigenvalue weighted by Crippen LogP contribution is 2.33. The average molecular weight is 229 g/mol. The molecule has 0 radical (unpaired) electrons. The molecule has 1 aromatic carbocycles. The zero-order valence-corrected chi connectivity index (χ0v) is 8.57. The molecule has 72 valence electrons. The number of anilines is 1. The molecule has 0 fully saturated rings. The molecule has 2 N–H and O–H groups in total. The zero-order valence-electron chi connectivity index (χ0n) is 7.00. The van der Waals surface area contributed by atoms with Crippen molar-refractivity contribution in [1.29, 1.82) is 0 Å². The van der Waals surface area contributed by atoms with Gasteiger partial charge in [0.2, 0.25) is 0 Å². The summed E-state index contributed by atoms with van der Waals surface area (Å²) < 4.78 is 13.7. The number of thiazole rings is 1. The third-order valence-electron chi connectivity index (χ3n) is 1.76. The van der Waals surface area contributed by atoms with E-state index in [0.29, 0.717) is 20.7 Å². The van der Waals surface area contributed by atoms with Gasteiger partial charge in [-0.15, -0.1) is 0 Å². The molecule has 0 spiro atoms. The molecule has 2 aromatic rings. The van der Waals surface area contributed by atoms with Crippen LogP contribution < -0.4 is 5.73 Å². The fraction of sp³-hybridized carbons (Fsp3) is 0. The Hall–Kier alpha value is -1.13. The van der Waals surface area contributed by atoms with E-state index in [-0.39, 0.29) is 5.82 Å². The normalized spacial score (nSPS) is 10.4. The number of nitrogens with two attached hydrogens (primary N) is 1. The Morgan fingerprint density at radius 1 is 1.36 bits per heavy atom. The molecular formula is C9H6ClFN2S. The van der Waals surface area contributed by atoms with E-state index >= 15 is 0 Å². The molecule has 0 aliphatic carbocycles. The van der Waals surface area contributed by atoms with Crippen LogP contribution in [0.1, 0.15) is 0 Å². The van der Waals surface area contributed by atoms with Gasteiger partial charge in [-0.2, -0.15) is 0 Å². The first-order chi connectivity index (χ1) is 6.68. The van der Waals surface area contributed by atoms with E-state index in [2.05, 4.69) is 4.98 Å². The quantitative estimate of drug-likeness (QED) is 0.814. The number of rotatable bonds is 1. The largest absolute Gasteiger partial charge is 0.389 e. The maximum absolute atomic E-state index is 13.3. The third-order valence-corrected chi connectivity index (χ3v) is 2.75. The first-order valence-corrected chi connectivity index (χ1v) is 5.04. The van der Waals surface area contributed by atoms with Crippen LogP contribution in [-0.4, -0.2) is 4.98 Å². The predicted octanol–water partition coefficient (Wildman–Crippen LogP) is 3.18. The van der Waals surface area contributed by atoms with Crippen LogP contribution in [0.2, 0.25) is 4.47 Å². The molecule has 0 saturated carbocycles. The lowest BCUT2D eigenvalue weighted by molar-refractivity contribution is 0.631. The number of nitrogens with zero attached hydrogens (tertiary/aromatic N) is 1. The third kappa shape index (κ3) is 1.58. The first kappa shape index (κ1) is 9.43. The summed E-state index contributed by atoms with van der Waals surface area (Å²) in [7, 11) is 0. The summed E-state index contributed by atoms with van der Waals surface area (Å²) in [5.41, 5.74) is 6.44. The van der Waals surface area contributed by atoms with E-state index in [1.54, 1.807) is 18.2 Å². The minimum atomic E-state index is -0.346. The lowest BCUT2D eigenvalue weighted by Gasteiger charge is -1.98. The van der Waals surface area contributed by atoms with E-state index in [9.17, 15) is 4.39 Å². The molecule has 0 aliphatic heterocycles. The summed E-state index contributed by atoms with van der Waals surface area (Å²) in [5.74, 6) is -0.346. The topological polar surface area (TPSA) is 38.9 Å². The van der Waals surface area contributed by atoms with Gasteiger partial charge in [0.15, 0.2) is 4.47 Å². The highest BCUT2D eigenvalue weighted by atomic mass is 35.5. The number of hydrogen-bond acceptors (Lipinski definition) is 3. The molecule has 0 unspecified atom stereocenters. The van der Waals surface area contributed by atoms with Crippen molar-refractivity contribution in [2.45, 2.75) is 0 Å². The van der Waals surface area contributed by atoms with Gasteiger partial charge in [0.1, 0.15) is 16.5 Å². The Bertz CT molecular complexity index is 470. The molecule has 0 bridgehead atoms. The molecule has 0 atom stereocenters. The van der Waals surface area contributed by atoms with Gasteiger partial charge in [-0.1, -0.05) is 35.1 Å². The predicted molar refractivity (Wildman–Crippen MR) is 56.9 cm³/mol. The lowest BCUT2D eigenvalue weighted by atomic mass is 10.1. The van der Waals surface area contributed by atoms with Gasteiger partial charge in [0.25, 0.3) is 0 Å². The SMILES string of the molecule is Nc1sc(Cl)nc1-c1ccccc1F. The van der Waals surface area contributed by atoms with Crippen molar-refractivity contribution >= 4 is 27.9 Å². The van der Waals surface area contributed by atoms with Crippen molar-refractivity contribution in [2.24, 2.45) is 0 Å². The van der Waals surface area contributed by atoms with Crippen molar-refractivity contribution in [2.75, 3.05) is 5.73 Å². The Kier molecular flexibility index (Phi) is 2.39. The van der Waals surface area contributed by atoms with Crippen LogP contribution >= 0.6 is 22.9 Å². The van der Waals surface area contributed by atoms with Crippen LogP contribution in [0, 0.1) is 5.82 Å². The Labute approximate surface area is 89.2 Å². The smallest absolute Gasteiger partial charge is 0.186 e. The summed E-state index contributed by atoms with van der Waals surface area (Å²) in [6.07, 6.45) is 0. The van der Waals surface area contributed by atoms with E-state index in [1.165, 1.54) is 6.07 Å². The molecule has 2 nitrogen and oxygen atoms in total. The Morgan fingerprint density at radius 3 is 2.64 bits per heavy atom. The number of nitrogen functional groups attached to an aromatic ring is 1. The van der Waals surface area contributed by atoms with Crippen LogP contribution in [0.4, 0.5) is 9.39 Å². The van der Waals surface area contributed by atoms with Crippen LogP contribution in [0.15, 0.2) is 24.3 Å². The maximum Gasteiger partial charge on any atom is 0.186 e. The fourth-order valence-corrected chi connectivity index (χ4v) is 2.06. The molecule has 0 aliphatic rings. The minimum Gasteiger partial charge on any atom is -0.389 e. The van der Waals surface area contributed by atoms with Gasteiger partial charge in [0, 0.05) is 5.56 Å². The van der Waals surface area contributed by atoms with E-state index in [1.807, 2.05) is 0 Å². The molecule has 1 heterocycles. The van der Waals surface area contributed by atoms with Gasteiger partial charge in [-0.05, 0) is 12.1 Å². The van der Waals surface area contributed by atoms with E-state index < -0.39 is 0 Å². The Morgan fingerprint density at radius 2 is 2.07 bits per heavy atom. The van der Waals surface area contributed by atoms with Gasteiger partial charge in [0.05, 0.1) is 0 Å². The zero-order chi connectivity index (χ0) is 10.1. The van der Waals surface area contributed by atoms with E-state index in [0.717, 1.165) is 11.3 Å². The summed E-state index contributed by atoms with van der Waals surface area (Å²) in [4.78, 5) is 3.96. The maximum atomic E-state index is 13.3. The molecule has 14 heavy (non-hydrogen) atoms. The second-order valence-electron chi connectivity index (χ2n) is 2.66. The van der Waals surface area contributed by atoms with Gasteiger partial charge in [-0.3, -0.25) is 0 Å². The molecule has 2 rings (SSSR count). The van der Waals surface area contributed by atoms with Gasteiger partial charge < -0.3 is 5.73 Å². The number of hydrogen-bond donors (Lipinski definition) is 1. The lowest BCUT2D eigenvalue weighted by Crippen LogP contribution is -1.88. The van der Waals surface area contributed by atoms with Crippen LogP contribution in [0.5, 0.6) is 0 Å². The Balaban J connectivity index is 2.60. The first-order valence-electron chi connectivity index (χ1n) is 3.85. The summed E-state index contributed by atoms with van der Waals surface area (Å²) in [6, 6.07) is 6.33. The van der Waals surface area contributed by atoms with Crippen molar-refractivity contribution in [3.8, 4) is 11.3 Å². The fourth-order valence-electron chi connectivity index (χ4n) is 1.15.